The number of likely N-dealkylation sites (tertiary alicyclic amines) is 1. The van der Waals surface area contributed by atoms with E-state index in [4.69, 9.17) is 4.74 Å². The van der Waals surface area contributed by atoms with Gasteiger partial charge in [0, 0.05) is 32.2 Å². The van der Waals surface area contributed by atoms with Crippen LogP contribution < -0.4 is 0 Å². The third-order valence-corrected chi connectivity index (χ3v) is 3.41. The van der Waals surface area contributed by atoms with Crippen LogP contribution in [-0.4, -0.2) is 61.1 Å². The molecule has 0 bridgehead atoms. The summed E-state index contributed by atoms with van der Waals surface area (Å²) in [5.41, 5.74) is 0. The number of carbonyl (C=O) groups is 1. The molecule has 0 aromatic rings. The van der Waals surface area contributed by atoms with Gasteiger partial charge in [0.1, 0.15) is 0 Å². The van der Waals surface area contributed by atoms with Crippen LogP contribution in [0.25, 0.3) is 0 Å². The molecular weight excluding hydrogens is 204 g/mol. The van der Waals surface area contributed by atoms with E-state index in [-0.39, 0.29) is 5.91 Å². The SMILES string of the molecule is C=CC(=O)N1CCCC1CN1CCOCC1. The molecule has 1 atom stereocenters. The molecule has 2 saturated heterocycles. The summed E-state index contributed by atoms with van der Waals surface area (Å²) in [6.45, 7) is 9.07. The van der Waals surface area contributed by atoms with Crippen molar-refractivity contribution in [3.05, 3.63) is 12.7 Å². The molecule has 0 N–H and O–H groups in total. The molecule has 0 aliphatic carbocycles. The van der Waals surface area contributed by atoms with Crippen LogP contribution in [-0.2, 0) is 9.53 Å². The second-order valence-electron chi connectivity index (χ2n) is 4.44. The lowest BCUT2D eigenvalue weighted by molar-refractivity contribution is -0.127. The summed E-state index contributed by atoms with van der Waals surface area (Å²) in [5, 5.41) is 0. The van der Waals surface area contributed by atoms with Crippen molar-refractivity contribution in [2.75, 3.05) is 39.4 Å². The van der Waals surface area contributed by atoms with E-state index in [1.165, 1.54) is 6.08 Å². The third-order valence-electron chi connectivity index (χ3n) is 3.41. The van der Waals surface area contributed by atoms with E-state index in [2.05, 4.69) is 11.5 Å². The fraction of sp³-hybridized carbons (Fsp3) is 0.750. The Hall–Kier alpha value is -0.870. The van der Waals surface area contributed by atoms with Gasteiger partial charge in [0.25, 0.3) is 0 Å². The van der Waals surface area contributed by atoms with Gasteiger partial charge in [-0.25, -0.2) is 0 Å². The minimum atomic E-state index is 0.0794. The van der Waals surface area contributed by atoms with Crippen molar-refractivity contribution in [1.82, 2.24) is 9.80 Å². The fourth-order valence-corrected chi connectivity index (χ4v) is 2.51. The van der Waals surface area contributed by atoms with Crippen LogP contribution in [0.3, 0.4) is 0 Å². The average Bonchev–Trinajstić information content (AvgIpc) is 2.77. The summed E-state index contributed by atoms with van der Waals surface area (Å²) >= 11 is 0. The topological polar surface area (TPSA) is 32.8 Å². The predicted octanol–water partition coefficient (Wildman–Crippen LogP) is 0.496. The first kappa shape index (κ1) is 11.6. The molecule has 0 aromatic heterocycles. The summed E-state index contributed by atoms with van der Waals surface area (Å²) in [7, 11) is 0. The van der Waals surface area contributed by atoms with Crippen LogP contribution in [0.5, 0.6) is 0 Å². The maximum absolute atomic E-state index is 11.6. The van der Waals surface area contributed by atoms with E-state index in [0.717, 1.165) is 52.2 Å². The Bertz CT molecular complexity index is 262. The standard InChI is InChI=1S/C12H20N2O2/c1-2-12(15)14-5-3-4-11(14)10-13-6-8-16-9-7-13/h2,11H,1,3-10H2. The zero-order valence-electron chi connectivity index (χ0n) is 9.73. The Balaban J connectivity index is 1.87. The van der Waals surface area contributed by atoms with E-state index in [1.807, 2.05) is 4.90 Å². The summed E-state index contributed by atoms with van der Waals surface area (Å²) in [6.07, 6.45) is 3.67. The Morgan fingerprint density at radius 3 is 2.81 bits per heavy atom. The van der Waals surface area contributed by atoms with E-state index in [9.17, 15) is 4.79 Å². The van der Waals surface area contributed by atoms with Crippen molar-refractivity contribution < 1.29 is 9.53 Å². The highest BCUT2D eigenvalue weighted by molar-refractivity contribution is 5.87. The molecule has 2 aliphatic heterocycles. The van der Waals surface area contributed by atoms with Gasteiger partial charge in [-0.15, -0.1) is 0 Å². The molecule has 2 heterocycles. The van der Waals surface area contributed by atoms with E-state index in [1.54, 1.807) is 0 Å². The zero-order valence-corrected chi connectivity index (χ0v) is 9.73. The second kappa shape index (κ2) is 5.46. The first-order valence-electron chi connectivity index (χ1n) is 6.04. The summed E-state index contributed by atoms with van der Waals surface area (Å²) < 4.78 is 5.32. The van der Waals surface area contributed by atoms with Crippen LogP contribution in [0.2, 0.25) is 0 Å². The number of amides is 1. The van der Waals surface area contributed by atoms with Crippen LogP contribution in [0.1, 0.15) is 12.8 Å². The van der Waals surface area contributed by atoms with E-state index in [0.29, 0.717) is 6.04 Å². The second-order valence-corrected chi connectivity index (χ2v) is 4.44. The van der Waals surface area contributed by atoms with Gasteiger partial charge < -0.3 is 9.64 Å². The highest BCUT2D eigenvalue weighted by atomic mass is 16.5. The Morgan fingerprint density at radius 1 is 1.38 bits per heavy atom. The zero-order chi connectivity index (χ0) is 11.4. The molecule has 0 spiro atoms. The van der Waals surface area contributed by atoms with Gasteiger partial charge in [-0.1, -0.05) is 6.58 Å². The molecule has 4 nitrogen and oxygen atoms in total. The highest BCUT2D eigenvalue weighted by Crippen LogP contribution is 2.19. The van der Waals surface area contributed by atoms with Gasteiger partial charge in [0.15, 0.2) is 0 Å². The molecule has 0 saturated carbocycles. The lowest BCUT2D eigenvalue weighted by Gasteiger charge is -2.32. The highest BCUT2D eigenvalue weighted by Gasteiger charge is 2.29. The van der Waals surface area contributed by atoms with Crippen molar-refractivity contribution in [3.8, 4) is 0 Å². The number of carbonyl (C=O) groups excluding carboxylic acids is 1. The molecule has 16 heavy (non-hydrogen) atoms. The Morgan fingerprint density at radius 2 is 2.12 bits per heavy atom. The minimum Gasteiger partial charge on any atom is -0.379 e. The monoisotopic (exact) mass is 224 g/mol. The minimum absolute atomic E-state index is 0.0794. The molecule has 4 heteroatoms. The van der Waals surface area contributed by atoms with Crippen LogP contribution >= 0.6 is 0 Å². The number of rotatable bonds is 3. The molecule has 1 unspecified atom stereocenters. The van der Waals surface area contributed by atoms with Crippen molar-refractivity contribution in [3.63, 3.8) is 0 Å². The van der Waals surface area contributed by atoms with Crippen molar-refractivity contribution in [2.45, 2.75) is 18.9 Å². The number of ether oxygens (including phenoxy) is 1. The van der Waals surface area contributed by atoms with Gasteiger partial charge >= 0.3 is 0 Å². The van der Waals surface area contributed by atoms with Crippen LogP contribution in [0.15, 0.2) is 12.7 Å². The number of morpholine rings is 1. The summed E-state index contributed by atoms with van der Waals surface area (Å²) in [4.78, 5) is 16.0. The Kier molecular flexibility index (Phi) is 3.96. The maximum atomic E-state index is 11.6. The predicted molar refractivity (Wildman–Crippen MR) is 62.2 cm³/mol. The average molecular weight is 224 g/mol. The number of hydrogen-bond donors (Lipinski definition) is 0. The van der Waals surface area contributed by atoms with E-state index < -0.39 is 0 Å². The molecule has 2 fully saturated rings. The normalized spacial score (nSPS) is 27.0. The first-order chi connectivity index (χ1) is 7.81. The molecule has 2 rings (SSSR count). The molecule has 0 aromatic carbocycles. The fourth-order valence-electron chi connectivity index (χ4n) is 2.51. The lowest BCUT2D eigenvalue weighted by Crippen LogP contribution is -2.46. The Labute approximate surface area is 96.8 Å². The largest absolute Gasteiger partial charge is 0.379 e. The molecule has 90 valence electrons. The molecule has 0 radical (unpaired) electrons. The lowest BCUT2D eigenvalue weighted by atomic mass is 10.2. The van der Waals surface area contributed by atoms with Crippen molar-refractivity contribution in [2.24, 2.45) is 0 Å². The summed E-state index contributed by atoms with van der Waals surface area (Å²) in [6, 6.07) is 0.378. The number of hydrogen-bond acceptors (Lipinski definition) is 3. The maximum Gasteiger partial charge on any atom is 0.246 e. The molecular formula is C12H20N2O2. The van der Waals surface area contributed by atoms with Crippen LogP contribution in [0, 0.1) is 0 Å². The van der Waals surface area contributed by atoms with Gasteiger partial charge in [-0.05, 0) is 18.9 Å². The van der Waals surface area contributed by atoms with Gasteiger partial charge in [-0.2, -0.15) is 0 Å². The van der Waals surface area contributed by atoms with E-state index >= 15 is 0 Å². The van der Waals surface area contributed by atoms with Gasteiger partial charge in [-0.3, -0.25) is 9.69 Å². The summed E-state index contributed by atoms with van der Waals surface area (Å²) in [5.74, 6) is 0.0794. The molecule has 1 amide bonds. The first-order valence-corrected chi connectivity index (χ1v) is 6.04. The smallest absolute Gasteiger partial charge is 0.246 e. The van der Waals surface area contributed by atoms with Gasteiger partial charge in [0.2, 0.25) is 5.91 Å². The quantitative estimate of drug-likeness (QED) is 0.654. The third kappa shape index (κ3) is 2.62. The number of nitrogens with zero attached hydrogens (tertiary/aromatic N) is 2. The molecule has 2 aliphatic rings. The van der Waals surface area contributed by atoms with Crippen LogP contribution in [0.4, 0.5) is 0 Å². The van der Waals surface area contributed by atoms with Crippen molar-refractivity contribution >= 4 is 5.91 Å². The van der Waals surface area contributed by atoms with Crippen molar-refractivity contribution in [1.29, 1.82) is 0 Å². The van der Waals surface area contributed by atoms with Gasteiger partial charge in [0.05, 0.1) is 13.2 Å².